The summed E-state index contributed by atoms with van der Waals surface area (Å²) in [5, 5.41) is 9.38. The van der Waals surface area contributed by atoms with Crippen LogP contribution in [-0.4, -0.2) is 36.4 Å². The number of nitrogens with one attached hydrogen (secondary N) is 1. The lowest BCUT2D eigenvalue weighted by Gasteiger charge is -2.17. The van der Waals surface area contributed by atoms with Crippen LogP contribution in [0.25, 0.3) is 17.0 Å². The average Bonchev–Trinajstić information content (AvgIpc) is 3.41. The van der Waals surface area contributed by atoms with Gasteiger partial charge in [-0.3, -0.25) is 9.48 Å². The number of aromatic amines is 1. The van der Waals surface area contributed by atoms with E-state index in [1.54, 1.807) is 15.6 Å². The zero-order valence-corrected chi connectivity index (χ0v) is 18.3. The molecule has 0 atom stereocenters. The highest BCUT2D eigenvalue weighted by molar-refractivity contribution is 6.33. The minimum absolute atomic E-state index is 0.245. The van der Waals surface area contributed by atoms with Crippen LogP contribution in [0.3, 0.4) is 0 Å². The molecule has 5 aromatic rings. The Hall–Kier alpha value is -3.91. The van der Waals surface area contributed by atoms with E-state index in [1.165, 1.54) is 4.52 Å². The van der Waals surface area contributed by atoms with E-state index in [9.17, 15) is 4.79 Å². The van der Waals surface area contributed by atoms with Gasteiger partial charge in [0.15, 0.2) is 0 Å². The summed E-state index contributed by atoms with van der Waals surface area (Å²) in [6, 6.07) is 19.1. The van der Waals surface area contributed by atoms with Gasteiger partial charge in [0.2, 0.25) is 5.78 Å². The minimum Gasteiger partial charge on any atom is -0.327 e. The van der Waals surface area contributed by atoms with Crippen molar-refractivity contribution in [3.63, 3.8) is 0 Å². The number of benzene rings is 2. The summed E-state index contributed by atoms with van der Waals surface area (Å²) in [5.41, 5.74) is 4.09. The molecule has 0 radical (unpaired) electrons. The first-order valence-electron chi connectivity index (χ1n) is 10.0. The van der Waals surface area contributed by atoms with Gasteiger partial charge >= 0.3 is 0 Å². The van der Waals surface area contributed by atoms with Crippen LogP contribution in [0, 0.1) is 0 Å². The van der Waals surface area contributed by atoms with E-state index in [2.05, 4.69) is 20.2 Å². The number of anilines is 2. The molecular formula is C23H20ClN7O. The molecule has 0 saturated carbocycles. The van der Waals surface area contributed by atoms with Gasteiger partial charge in [-0.2, -0.15) is 14.6 Å². The number of aryl methyl sites for hydroxylation is 1. The van der Waals surface area contributed by atoms with Crippen LogP contribution >= 0.6 is 11.6 Å². The largest absolute Gasteiger partial charge is 0.327 e. The summed E-state index contributed by atoms with van der Waals surface area (Å²) >= 11 is 6.48. The van der Waals surface area contributed by atoms with Crippen LogP contribution in [0.1, 0.15) is 11.3 Å². The Morgan fingerprint density at radius 3 is 2.62 bits per heavy atom. The first-order valence-corrected chi connectivity index (χ1v) is 10.4. The molecule has 160 valence electrons. The first kappa shape index (κ1) is 20.0. The minimum atomic E-state index is -0.245. The van der Waals surface area contributed by atoms with E-state index in [1.807, 2.05) is 74.9 Å². The van der Waals surface area contributed by atoms with Gasteiger partial charge in [-0.05, 0) is 23.8 Å². The molecule has 0 amide bonds. The van der Waals surface area contributed by atoms with E-state index in [-0.39, 0.29) is 5.56 Å². The number of halogens is 1. The molecule has 0 bridgehead atoms. The number of aromatic nitrogens is 6. The smallest absolute Gasteiger partial charge is 0.275 e. The molecule has 0 unspecified atom stereocenters. The lowest BCUT2D eigenvalue weighted by molar-refractivity contribution is 0.771. The van der Waals surface area contributed by atoms with Crippen molar-refractivity contribution in [1.29, 1.82) is 0 Å². The van der Waals surface area contributed by atoms with Crippen LogP contribution in [0.5, 0.6) is 0 Å². The van der Waals surface area contributed by atoms with E-state index in [0.717, 1.165) is 22.5 Å². The van der Waals surface area contributed by atoms with Crippen molar-refractivity contribution in [2.24, 2.45) is 7.05 Å². The number of hydrogen-bond donors (Lipinski definition) is 1. The van der Waals surface area contributed by atoms with Crippen LogP contribution in [-0.2, 0) is 13.5 Å². The molecule has 32 heavy (non-hydrogen) atoms. The van der Waals surface area contributed by atoms with E-state index >= 15 is 0 Å². The number of rotatable bonds is 5. The third-order valence-electron chi connectivity index (χ3n) is 5.23. The lowest BCUT2D eigenvalue weighted by atomic mass is 10.1. The number of nitrogens with zero attached hydrogens (tertiary/aromatic N) is 6. The molecule has 3 aromatic heterocycles. The van der Waals surface area contributed by atoms with Gasteiger partial charge in [-0.1, -0.05) is 48.0 Å². The zero-order chi connectivity index (χ0) is 22.2. The topological polar surface area (TPSA) is 84.1 Å². The Labute approximate surface area is 188 Å². The third-order valence-corrected chi connectivity index (χ3v) is 5.55. The predicted octanol–water partition coefficient (Wildman–Crippen LogP) is 3.83. The van der Waals surface area contributed by atoms with Crippen LogP contribution < -0.4 is 10.5 Å². The zero-order valence-electron chi connectivity index (χ0n) is 17.5. The monoisotopic (exact) mass is 445 g/mol. The predicted molar refractivity (Wildman–Crippen MR) is 125 cm³/mol. The van der Waals surface area contributed by atoms with E-state index < -0.39 is 0 Å². The molecule has 0 saturated heterocycles. The van der Waals surface area contributed by atoms with E-state index in [0.29, 0.717) is 28.9 Å². The highest BCUT2D eigenvalue weighted by atomic mass is 35.5. The fraction of sp³-hybridized carbons (Fsp3) is 0.130. The highest BCUT2D eigenvalue weighted by Gasteiger charge is 2.17. The van der Waals surface area contributed by atoms with Crippen molar-refractivity contribution in [2.45, 2.75) is 6.42 Å². The second-order valence-electron chi connectivity index (χ2n) is 7.54. The van der Waals surface area contributed by atoms with Crippen molar-refractivity contribution in [1.82, 2.24) is 29.4 Å². The maximum atomic E-state index is 12.7. The normalized spacial score (nSPS) is 11.2. The highest BCUT2D eigenvalue weighted by Crippen LogP contribution is 2.33. The van der Waals surface area contributed by atoms with Gasteiger partial charge in [-0.25, -0.2) is 0 Å². The average molecular weight is 446 g/mol. The molecule has 0 spiro atoms. The third kappa shape index (κ3) is 3.76. The Morgan fingerprint density at radius 2 is 1.88 bits per heavy atom. The maximum absolute atomic E-state index is 12.7. The molecule has 0 aliphatic carbocycles. The summed E-state index contributed by atoms with van der Waals surface area (Å²) in [7, 11) is 3.68. The van der Waals surface area contributed by atoms with Gasteiger partial charge in [0.1, 0.15) is 0 Å². The molecular weight excluding hydrogens is 426 g/mol. The maximum Gasteiger partial charge on any atom is 0.275 e. The second kappa shape index (κ2) is 7.97. The molecule has 5 rings (SSSR count). The molecule has 9 heteroatoms. The quantitative estimate of drug-likeness (QED) is 0.444. The summed E-state index contributed by atoms with van der Waals surface area (Å²) in [4.78, 5) is 22.2. The van der Waals surface area contributed by atoms with Crippen molar-refractivity contribution in [3.05, 3.63) is 93.5 Å². The molecule has 3 heterocycles. The molecule has 0 aliphatic heterocycles. The summed E-state index contributed by atoms with van der Waals surface area (Å²) in [6.45, 7) is 0. The number of H-pyrrole nitrogens is 1. The van der Waals surface area contributed by atoms with Crippen molar-refractivity contribution >= 4 is 29.0 Å². The van der Waals surface area contributed by atoms with Crippen molar-refractivity contribution in [2.75, 3.05) is 11.9 Å². The SMILES string of the molecule is CN(c1nc2[nH]c(Cc3ccccc3)cc(=O)n2n1)c1cc(-c2ccn(C)n2)ccc1Cl. The Bertz CT molecular complexity index is 1470. The van der Waals surface area contributed by atoms with Crippen molar-refractivity contribution < 1.29 is 0 Å². The fourth-order valence-electron chi connectivity index (χ4n) is 3.58. The van der Waals surface area contributed by atoms with Crippen LogP contribution in [0.4, 0.5) is 11.6 Å². The van der Waals surface area contributed by atoms with Gasteiger partial charge in [0.25, 0.3) is 11.5 Å². The second-order valence-corrected chi connectivity index (χ2v) is 7.95. The van der Waals surface area contributed by atoms with Gasteiger partial charge in [0.05, 0.1) is 16.4 Å². The van der Waals surface area contributed by atoms with E-state index in [4.69, 9.17) is 11.6 Å². The van der Waals surface area contributed by atoms with Gasteiger partial charge in [-0.15, -0.1) is 5.10 Å². The summed E-state index contributed by atoms with van der Waals surface area (Å²) in [6.07, 6.45) is 2.48. The van der Waals surface area contributed by atoms with Crippen molar-refractivity contribution in [3.8, 4) is 11.3 Å². The molecule has 1 N–H and O–H groups in total. The standard InChI is InChI=1S/C23H20ClN7O/c1-29-11-10-19(27-29)16-8-9-18(24)20(13-16)30(2)23-26-22-25-17(14-21(32)31(22)28-23)12-15-6-4-3-5-7-15/h3-11,13-14H,12H2,1-2H3,(H,25,26,28). The summed E-state index contributed by atoms with van der Waals surface area (Å²) < 4.78 is 3.01. The molecule has 8 nitrogen and oxygen atoms in total. The fourth-order valence-corrected chi connectivity index (χ4v) is 3.83. The molecule has 0 fully saturated rings. The Balaban J connectivity index is 1.51. The molecule has 2 aromatic carbocycles. The Kier molecular flexibility index (Phi) is 4.99. The number of fused-ring (bicyclic) bond motifs is 1. The number of hydrogen-bond acceptors (Lipinski definition) is 5. The lowest BCUT2D eigenvalue weighted by Crippen LogP contribution is -2.17. The summed E-state index contributed by atoms with van der Waals surface area (Å²) in [5.74, 6) is 0.734. The van der Waals surface area contributed by atoms with Crippen LogP contribution in [0.15, 0.2) is 71.7 Å². The molecule has 0 aliphatic rings. The van der Waals surface area contributed by atoms with Gasteiger partial charge < -0.3 is 9.88 Å². The Morgan fingerprint density at radius 1 is 1.06 bits per heavy atom. The first-order chi connectivity index (χ1) is 15.5. The van der Waals surface area contributed by atoms with Gasteiger partial charge in [0, 0.05) is 44.0 Å². The van der Waals surface area contributed by atoms with Crippen LogP contribution in [0.2, 0.25) is 5.02 Å².